The van der Waals surface area contributed by atoms with E-state index in [1.165, 1.54) is 154 Å². The molecule has 0 saturated heterocycles. The van der Waals surface area contributed by atoms with Gasteiger partial charge in [-0.1, -0.05) is 141 Å². The molecule has 0 aromatic rings. The van der Waals surface area contributed by atoms with Crippen LogP contribution in [0, 0.1) is 0 Å². The van der Waals surface area contributed by atoms with E-state index in [0.29, 0.717) is 5.78 Å². The second-order valence-corrected chi connectivity index (χ2v) is 11.2. The summed E-state index contributed by atoms with van der Waals surface area (Å²) >= 11 is 0. The maximum absolute atomic E-state index is 12.1. The molecular formula is C35H66O. The lowest BCUT2D eigenvalue weighted by Gasteiger charge is -2.03. The van der Waals surface area contributed by atoms with Crippen molar-refractivity contribution in [1.82, 2.24) is 0 Å². The van der Waals surface area contributed by atoms with Crippen LogP contribution >= 0.6 is 0 Å². The molecule has 0 aliphatic rings. The summed E-state index contributed by atoms with van der Waals surface area (Å²) in [5.74, 6) is 0.509. The molecule has 0 aliphatic carbocycles. The summed E-state index contributed by atoms with van der Waals surface area (Å²) in [6, 6.07) is 0. The molecule has 0 amide bonds. The molecule has 0 N–H and O–H groups in total. The van der Waals surface area contributed by atoms with Gasteiger partial charge in [0.1, 0.15) is 5.78 Å². The van der Waals surface area contributed by atoms with E-state index in [4.69, 9.17) is 0 Å². The van der Waals surface area contributed by atoms with Crippen molar-refractivity contribution in [3.8, 4) is 0 Å². The zero-order chi connectivity index (χ0) is 26.2. The molecule has 36 heavy (non-hydrogen) atoms. The summed E-state index contributed by atoms with van der Waals surface area (Å²) in [7, 11) is 0. The first-order valence-electron chi connectivity index (χ1n) is 16.6. The van der Waals surface area contributed by atoms with Gasteiger partial charge in [0.05, 0.1) is 0 Å². The number of Topliss-reactive ketones (excluding diaryl/α,β-unsaturated/α-hetero) is 1. The zero-order valence-corrected chi connectivity index (χ0v) is 25.0. The fourth-order valence-electron chi connectivity index (χ4n) is 4.91. The highest BCUT2D eigenvalue weighted by Gasteiger charge is 2.02. The molecule has 0 heterocycles. The Kier molecular flexibility index (Phi) is 31.4. The minimum Gasteiger partial charge on any atom is -0.300 e. The number of allylic oxidation sites excluding steroid dienone is 4. The first kappa shape index (κ1) is 35.2. The molecule has 1 nitrogen and oxygen atoms in total. The average molecular weight is 503 g/mol. The Hall–Kier alpha value is -0.850. The predicted octanol–water partition coefficient (Wildman–Crippen LogP) is 12.6. The fraction of sp³-hybridized carbons (Fsp3) is 0.857. The van der Waals surface area contributed by atoms with Gasteiger partial charge in [0.25, 0.3) is 0 Å². The van der Waals surface area contributed by atoms with Crippen molar-refractivity contribution in [2.45, 2.75) is 194 Å². The molecule has 0 saturated carbocycles. The summed E-state index contributed by atoms with van der Waals surface area (Å²) in [6.07, 6.45) is 45.5. The first-order chi connectivity index (χ1) is 17.8. The number of ketones is 1. The number of hydrogen-bond donors (Lipinski definition) is 0. The summed E-state index contributed by atoms with van der Waals surface area (Å²) in [6.45, 7) is 4.56. The van der Waals surface area contributed by atoms with Gasteiger partial charge in [0, 0.05) is 12.8 Å². The Labute approximate surface area is 228 Å². The molecule has 0 fully saturated rings. The van der Waals surface area contributed by atoms with Gasteiger partial charge in [0.15, 0.2) is 0 Å². The molecule has 0 rings (SSSR count). The van der Waals surface area contributed by atoms with E-state index >= 15 is 0 Å². The lowest BCUT2D eigenvalue weighted by Crippen LogP contribution is -1.97. The molecule has 0 aromatic carbocycles. The second-order valence-electron chi connectivity index (χ2n) is 11.2. The van der Waals surface area contributed by atoms with Gasteiger partial charge in [-0.2, -0.15) is 0 Å². The van der Waals surface area contributed by atoms with Gasteiger partial charge in [-0.25, -0.2) is 0 Å². The van der Waals surface area contributed by atoms with Gasteiger partial charge < -0.3 is 0 Å². The topological polar surface area (TPSA) is 17.1 Å². The van der Waals surface area contributed by atoms with Crippen LogP contribution in [0.25, 0.3) is 0 Å². The Morgan fingerprint density at radius 2 is 0.611 bits per heavy atom. The Balaban J connectivity index is 3.23. The highest BCUT2D eigenvalue weighted by Crippen LogP contribution is 2.13. The van der Waals surface area contributed by atoms with Crippen molar-refractivity contribution in [3.63, 3.8) is 0 Å². The van der Waals surface area contributed by atoms with Crippen molar-refractivity contribution in [3.05, 3.63) is 24.3 Å². The number of unbranched alkanes of at least 4 members (excludes halogenated alkanes) is 22. The van der Waals surface area contributed by atoms with E-state index < -0.39 is 0 Å². The van der Waals surface area contributed by atoms with Gasteiger partial charge >= 0.3 is 0 Å². The van der Waals surface area contributed by atoms with Crippen LogP contribution in [0.5, 0.6) is 0 Å². The standard InChI is InChI=1S/C35H66O/c1-3-5-7-9-11-13-15-17-19-21-23-25-27-29-31-33-35(36)34-32-30-28-26-24-22-20-18-16-14-12-10-8-6-4-2/h15-18H,3-14,19-34H2,1-2H3/b17-15-,18-16-. The summed E-state index contributed by atoms with van der Waals surface area (Å²) in [4.78, 5) is 12.1. The molecule has 0 atom stereocenters. The summed E-state index contributed by atoms with van der Waals surface area (Å²) < 4.78 is 0. The zero-order valence-electron chi connectivity index (χ0n) is 25.0. The van der Waals surface area contributed by atoms with Gasteiger partial charge in [0.2, 0.25) is 0 Å². The monoisotopic (exact) mass is 503 g/mol. The number of carbonyl (C=O) groups is 1. The smallest absolute Gasteiger partial charge is 0.132 e. The van der Waals surface area contributed by atoms with Crippen LogP contribution in [0.3, 0.4) is 0 Å². The van der Waals surface area contributed by atoms with Crippen LogP contribution in [-0.2, 0) is 4.79 Å². The van der Waals surface area contributed by atoms with Crippen LogP contribution in [-0.4, -0.2) is 5.78 Å². The van der Waals surface area contributed by atoms with E-state index in [9.17, 15) is 4.79 Å². The third-order valence-electron chi connectivity index (χ3n) is 7.43. The minimum atomic E-state index is 0.509. The highest BCUT2D eigenvalue weighted by molar-refractivity contribution is 5.78. The van der Waals surface area contributed by atoms with E-state index in [1.807, 2.05) is 0 Å². The lowest BCUT2D eigenvalue weighted by molar-refractivity contribution is -0.119. The Morgan fingerprint density at radius 3 is 0.917 bits per heavy atom. The van der Waals surface area contributed by atoms with Crippen molar-refractivity contribution < 1.29 is 4.79 Å². The fourth-order valence-corrected chi connectivity index (χ4v) is 4.91. The average Bonchev–Trinajstić information content (AvgIpc) is 2.88. The van der Waals surface area contributed by atoms with Gasteiger partial charge in [-0.3, -0.25) is 4.79 Å². The maximum Gasteiger partial charge on any atom is 0.132 e. The quantitative estimate of drug-likeness (QED) is 0.0704. The van der Waals surface area contributed by atoms with Gasteiger partial charge in [-0.05, 0) is 64.2 Å². The van der Waals surface area contributed by atoms with Crippen LogP contribution in [0.2, 0.25) is 0 Å². The number of hydrogen-bond acceptors (Lipinski definition) is 1. The maximum atomic E-state index is 12.1. The Bertz CT molecular complexity index is 433. The van der Waals surface area contributed by atoms with Crippen molar-refractivity contribution in [2.75, 3.05) is 0 Å². The van der Waals surface area contributed by atoms with Crippen molar-refractivity contribution >= 4 is 5.78 Å². The van der Waals surface area contributed by atoms with E-state index in [2.05, 4.69) is 38.2 Å². The molecule has 0 radical (unpaired) electrons. The molecule has 0 unspecified atom stereocenters. The lowest BCUT2D eigenvalue weighted by atomic mass is 10.0. The van der Waals surface area contributed by atoms with E-state index in [-0.39, 0.29) is 0 Å². The predicted molar refractivity (Wildman–Crippen MR) is 164 cm³/mol. The summed E-state index contributed by atoms with van der Waals surface area (Å²) in [5, 5.41) is 0. The second kappa shape index (κ2) is 32.2. The number of rotatable bonds is 30. The molecular weight excluding hydrogens is 436 g/mol. The molecule has 1 heteroatoms. The van der Waals surface area contributed by atoms with Crippen LogP contribution < -0.4 is 0 Å². The summed E-state index contributed by atoms with van der Waals surface area (Å²) in [5.41, 5.74) is 0. The van der Waals surface area contributed by atoms with Crippen molar-refractivity contribution in [1.29, 1.82) is 0 Å². The number of carbonyl (C=O) groups excluding carboxylic acids is 1. The SMILES string of the molecule is CCCCCCC/C=C\CCCCCCCCC(=O)CCCCCCCC/C=C\CCCCCCC. The third kappa shape index (κ3) is 31.2. The third-order valence-corrected chi connectivity index (χ3v) is 7.43. The molecule has 0 spiro atoms. The Morgan fingerprint density at radius 1 is 0.361 bits per heavy atom. The van der Waals surface area contributed by atoms with Crippen molar-refractivity contribution in [2.24, 2.45) is 0 Å². The van der Waals surface area contributed by atoms with Crippen LogP contribution in [0.1, 0.15) is 194 Å². The molecule has 0 bridgehead atoms. The largest absolute Gasteiger partial charge is 0.300 e. The first-order valence-corrected chi connectivity index (χ1v) is 16.6. The molecule has 212 valence electrons. The van der Waals surface area contributed by atoms with Crippen LogP contribution in [0.15, 0.2) is 24.3 Å². The van der Waals surface area contributed by atoms with Gasteiger partial charge in [-0.15, -0.1) is 0 Å². The minimum absolute atomic E-state index is 0.509. The molecule has 0 aliphatic heterocycles. The van der Waals surface area contributed by atoms with Crippen LogP contribution in [0.4, 0.5) is 0 Å². The van der Waals surface area contributed by atoms with E-state index in [1.54, 1.807) is 0 Å². The van der Waals surface area contributed by atoms with E-state index in [0.717, 1.165) is 25.7 Å². The normalized spacial score (nSPS) is 11.8. The highest BCUT2D eigenvalue weighted by atomic mass is 16.1. The molecule has 0 aromatic heterocycles.